The molecule has 94 valence electrons. The van der Waals surface area contributed by atoms with Crippen molar-refractivity contribution in [2.24, 2.45) is 0 Å². The van der Waals surface area contributed by atoms with Crippen molar-refractivity contribution in [3.8, 4) is 0 Å². The van der Waals surface area contributed by atoms with Gasteiger partial charge in [-0.3, -0.25) is 9.69 Å². The standard InChI is InChI=1S/C13H26N2O/c1-4-7-11(8-5-2)14-13(16)12-9-6-10-15(12)3/h11-12H,4-10H2,1-3H3,(H,14,16). The predicted octanol–water partition coefficient (Wildman–Crippen LogP) is 2.17. The summed E-state index contributed by atoms with van der Waals surface area (Å²) in [5.74, 6) is 0.243. The van der Waals surface area contributed by atoms with Crippen LogP contribution in [0, 0.1) is 0 Å². The summed E-state index contributed by atoms with van der Waals surface area (Å²) in [5, 5.41) is 3.21. The van der Waals surface area contributed by atoms with Gasteiger partial charge < -0.3 is 5.32 Å². The van der Waals surface area contributed by atoms with Crippen LogP contribution in [0.1, 0.15) is 52.4 Å². The van der Waals surface area contributed by atoms with Gasteiger partial charge in [-0.05, 0) is 39.3 Å². The molecule has 0 spiro atoms. The van der Waals surface area contributed by atoms with Crippen molar-refractivity contribution in [2.75, 3.05) is 13.6 Å². The van der Waals surface area contributed by atoms with Crippen molar-refractivity contribution in [3.05, 3.63) is 0 Å². The van der Waals surface area contributed by atoms with E-state index in [-0.39, 0.29) is 11.9 Å². The smallest absolute Gasteiger partial charge is 0.237 e. The van der Waals surface area contributed by atoms with Gasteiger partial charge in [0.2, 0.25) is 5.91 Å². The summed E-state index contributed by atoms with van der Waals surface area (Å²) in [6.45, 7) is 5.41. The van der Waals surface area contributed by atoms with Crippen LogP contribution in [-0.2, 0) is 4.79 Å². The van der Waals surface area contributed by atoms with Gasteiger partial charge in [-0.25, -0.2) is 0 Å². The Morgan fingerprint density at radius 1 is 1.38 bits per heavy atom. The number of likely N-dealkylation sites (tertiary alicyclic amines) is 1. The highest BCUT2D eigenvalue weighted by Crippen LogP contribution is 2.15. The number of hydrogen-bond donors (Lipinski definition) is 1. The molecule has 1 unspecified atom stereocenters. The van der Waals surface area contributed by atoms with Crippen LogP contribution in [0.3, 0.4) is 0 Å². The fraction of sp³-hybridized carbons (Fsp3) is 0.923. The molecule has 3 heteroatoms. The number of hydrogen-bond acceptors (Lipinski definition) is 2. The van der Waals surface area contributed by atoms with E-state index in [1.54, 1.807) is 0 Å². The van der Waals surface area contributed by atoms with Crippen LogP contribution in [0.15, 0.2) is 0 Å². The zero-order valence-electron chi connectivity index (χ0n) is 11.0. The predicted molar refractivity (Wildman–Crippen MR) is 67.4 cm³/mol. The lowest BCUT2D eigenvalue weighted by Crippen LogP contribution is -2.45. The van der Waals surface area contributed by atoms with Gasteiger partial charge in [0.05, 0.1) is 6.04 Å². The Balaban J connectivity index is 2.40. The molecule has 0 aliphatic carbocycles. The first-order valence-corrected chi connectivity index (χ1v) is 6.69. The molecule has 0 aromatic rings. The largest absolute Gasteiger partial charge is 0.352 e. The van der Waals surface area contributed by atoms with E-state index in [1.807, 2.05) is 7.05 Å². The maximum absolute atomic E-state index is 12.1. The highest BCUT2D eigenvalue weighted by molar-refractivity contribution is 5.82. The minimum absolute atomic E-state index is 0.121. The Morgan fingerprint density at radius 2 is 2.00 bits per heavy atom. The topological polar surface area (TPSA) is 32.3 Å². The van der Waals surface area contributed by atoms with Crippen LogP contribution in [0.5, 0.6) is 0 Å². The van der Waals surface area contributed by atoms with Crippen molar-refractivity contribution in [1.29, 1.82) is 0 Å². The number of likely N-dealkylation sites (N-methyl/N-ethyl adjacent to an activating group) is 1. The molecule has 1 atom stereocenters. The second-order valence-corrected chi connectivity index (χ2v) is 4.92. The van der Waals surface area contributed by atoms with Gasteiger partial charge in [-0.1, -0.05) is 26.7 Å². The van der Waals surface area contributed by atoms with Crippen LogP contribution in [0.25, 0.3) is 0 Å². The Bertz CT molecular complexity index is 212. The Hall–Kier alpha value is -0.570. The summed E-state index contributed by atoms with van der Waals surface area (Å²) in [4.78, 5) is 14.2. The quantitative estimate of drug-likeness (QED) is 0.753. The van der Waals surface area contributed by atoms with Crippen LogP contribution < -0.4 is 5.32 Å². The fourth-order valence-electron chi connectivity index (χ4n) is 2.52. The number of nitrogens with one attached hydrogen (secondary N) is 1. The maximum atomic E-state index is 12.1. The Labute approximate surface area is 99.6 Å². The second kappa shape index (κ2) is 6.89. The highest BCUT2D eigenvalue weighted by atomic mass is 16.2. The molecular formula is C13H26N2O. The van der Waals surface area contributed by atoms with Gasteiger partial charge in [0, 0.05) is 6.04 Å². The molecule has 0 aromatic heterocycles. The van der Waals surface area contributed by atoms with Crippen LogP contribution in [0.2, 0.25) is 0 Å². The van der Waals surface area contributed by atoms with Gasteiger partial charge >= 0.3 is 0 Å². The van der Waals surface area contributed by atoms with Gasteiger partial charge in [0.15, 0.2) is 0 Å². The van der Waals surface area contributed by atoms with Crippen molar-refractivity contribution >= 4 is 5.91 Å². The summed E-state index contributed by atoms with van der Waals surface area (Å²) < 4.78 is 0. The van der Waals surface area contributed by atoms with Crippen molar-refractivity contribution in [1.82, 2.24) is 10.2 Å². The number of carbonyl (C=O) groups is 1. The zero-order chi connectivity index (χ0) is 12.0. The van der Waals surface area contributed by atoms with E-state index in [2.05, 4.69) is 24.1 Å². The number of rotatable bonds is 6. The van der Waals surface area contributed by atoms with Gasteiger partial charge in [-0.15, -0.1) is 0 Å². The monoisotopic (exact) mass is 226 g/mol. The van der Waals surface area contributed by atoms with E-state index in [0.29, 0.717) is 6.04 Å². The normalized spacial score (nSPS) is 21.6. The molecule has 0 saturated carbocycles. The molecule has 3 nitrogen and oxygen atoms in total. The van der Waals surface area contributed by atoms with E-state index in [1.165, 1.54) is 0 Å². The van der Waals surface area contributed by atoms with Crippen LogP contribution in [-0.4, -0.2) is 36.5 Å². The molecule has 0 bridgehead atoms. The third-order valence-electron chi connectivity index (χ3n) is 3.44. The zero-order valence-corrected chi connectivity index (χ0v) is 11.0. The third-order valence-corrected chi connectivity index (χ3v) is 3.44. The molecule has 1 amide bonds. The average Bonchev–Trinajstić information content (AvgIpc) is 2.65. The lowest BCUT2D eigenvalue weighted by molar-refractivity contribution is -0.125. The van der Waals surface area contributed by atoms with E-state index in [0.717, 1.165) is 45.1 Å². The maximum Gasteiger partial charge on any atom is 0.237 e. The Morgan fingerprint density at radius 3 is 2.44 bits per heavy atom. The average molecular weight is 226 g/mol. The highest BCUT2D eigenvalue weighted by Gasteiger charge is 2.28. The second-order valence-electron chi connectivity index (χ2n) is 4.92. The van der Waals surface area contributed by atoms with E-state index in [9.17, 15) is 4.79 Å². The van der Waals surface area contributed by atoms with Crippen molar-refractivity contribution in [3.63, 3.8) is 0 Å². The molecule has 1 N–H and O–H groups in total. The molecule has 16 heavy (non-hydrogen) atoms. The summed E-state index contributed by atoms with van der Waals surface area (Å²) in [6, 6.07) is 0.507. The Kier molecular flexibility index (Phi) is 5.81. The summed E-state index contributed by atoms with van der Waals surface area (Å²) in [7, 11) is 2.05. The lowest BCUT2D eigenvalue weighted by atomic mass is 10.1. The van der Waals surface area contributed by atoms with Gasteiger partial charge in [0.1, 0.15) is 0 Å². The van der Waals surface area contributed by atoms with Crippen molar-refractivity contribution < 1.29 is 4.79 Å². The summed E-state index contributed by atoms with van der Waals surface area (Å²) in [6.07, 6.45) is 6.68. The summed E-state index contributed by atoms with van der Waals surface area (Å²) in [5.41, 5.74) is 0. The molecule has 0 radical (unpaired) electrons. The molecule has 1 aliphatic rings. The minimum Gasteiger partial charge on any atom is -0.352 e. The lowest BCUT2D eigenvalue weighted by Gasteiger charge is -2.23. The van der Waals surface area contributed by atoms with Crippen LogP contribution >= 0.6 is 0 Å². The minimum atomic E-state index is 0.121. The first-order chi connectivity index (χ1) is 7.69. The third kappa shape index (κ3) is 3.78. The molecule has 1 aliphatic heterocycles. The number of amides is 1. The summed E-state index contributed by atoms with van der Waals surface area (Å²) >= 11 is 0. The molecule has 0 aromatic carbocycles. The number of nitrogens with zero attached hydrogens (tertiary/aromatic N) is 1. The SMILES string of the molecule is CCCC(CCC)NC(=O)C1CCCN1C. The van der Waals surface area contributed by atoms with E-state index < -0.39 is 0 Å². The number of carbonyl (C=O) groups excluding carboxylic acids is 1. The van der Waals surface area contributed by atoms with E-state index >= 15 is 0 Å². The van der Waals surface area contributed by atoms with Gasteiger partial charge in [0.25, 0.3) is 0 Å². The molecular weight excluding hydrogens is 200 g/mol. The van der Waals surface area contributed by atoms with Gasteiger partial charge in [-0.2, -0.15) is 0 Å². The van der Waals surface area contributed by atoms with Crippen molar-refractivity contribution in [2.45, 2.75) is 64.5 Å². The molecule has 1 fully saturated rings. The molecule has 1 rings (SSSR count). The van der Waals surface area contributed by atoms with E-state index in [4.69, 9.17) is 0 Å². The first kappa shape index (κ1) is 13.5. The first-order valence-electron chi connectivity index (χ1n) is 6.69. The molecule has 1 heterocycles. The fourth-order valence-corrected chi connectivity index (χ4v) is 2.52. The molecule has 1 saturated heterocycles. The van der Waals surface area contributed by atoms with Crippen LogP contribution in [0.4, 0.5) is 0 Å².